The van der Waals surface area contributed by atoms with Crippen LogP contribution >= 0.6 is 0 Å². The van der Waals surface area contributed by atoms with E-state index in [0.717, 1.165) is 11.2 Å². The van der Waals surface area contributed by atoms with Gasteiger partial charge >= 0.3 is 6.92 Å². The zero-order valence-corrected chi connectivity index (χ0v) is 11.9. The van der Waals surface area contributed by atoms with Crippen LogP contribution in [-0.4, -0.2) is 18.9 Å². The number of benzene rings is 1. The predicted octanol–water partition coefficient (Wildman–Crippen LogP) is 2.53. The highest BCUT2D eigenvalue weighted by atomic mass is 16.5. The van der Waals surface area contributed by atoms with Gasteiger partial charge in [-0.2, -0.15) is 0 Å². The van der Waals surface area contributed by atoms with Gasteiger partial charge in [-0.3, -0.25) is 4.79 Å². The van der Waals surface area contributed by atoms with E-state index < -0.39 is 0 Å². The van der Waals surface area contributed by atoms with Crippen LogP contribution in [0, 0.1) is 5.92 Å². The predicted molar refractivity (Wildman–Crippen MR) is 77.4 cm³/mol. The largest absolute Gasteiger partial charge is 0.426 e. The molecule has 0 radical (unpaired) electrons. The molecule has 0 heterocycles. The standard InChI is InChI=1S/C14H22BNO2/c1-11(2)14(3,4)18-15(5)12-6-8-13(9-7-12)16-10-17/h6-11H,1-5H3,(H,16,17). The summed E-state index contributed by atoms with van der Waals surface area (Å²) in [4.78, 5) is 10.3. The van der Waals surface area contributed by atoms with E-state index in [4.69, 9.17) is 4.65 Å². The number of hydrogen-bond acceptors (Lipinski definition) is 2. The smallest absolute Gasteiger partial charge is 0.324 e. The Morgan fingerprint density at radius 3 is 2.28 bits per heavy atom. The normalized spacial score (nSPS) is 11.4. The van der Waals surface area contributed by atoms with Gasteiger partial charge < -0.3 is 9.97 Å². The average molecular weight is 247 g/mol. The summed E-state index contributed by atoms with van der Waals surface area (Å²) in [5, 5.41) is 2.62. The fourth-order valence-electron chi connectivity index (χ4n) is 1.58. The third-order valence-electron chi connectivity index (χ3n) is 3.48. The van der Waals surface area contributed by atoms with E-state index >= 15 is 0 Å². The third kappa shape index (κ3) is 3.88. The summed E-state index contributed by atoms with van der Waals surface area (Å²) in [6, 6.07) is 7.72. The molecule has 0 atom stereocenters. The van der Waals surface area contributed by atoms with Crippen LogP contribution in [0.5, 0.6) is 0 Å². The Kier molecular flexibility index (Phi) is 4.97. The Labute approximate surface area is 110 Å². The molecule has 0 aliphatic carbocycles. The highest BCUT2D eigenvalue weighted by molar-refractivity contribution is 6.66. The van der Waals surface area contributed by atoms with Gasteiger partial charge in [0.25, 0.3) is 0 Å². The fourth-order valence-corrected chi connectivity index (χ4v) is 1.58. The van der Waals surface area contributed by atoms with E-state index in [0.29, 0.717) is 12.3 Å². The molecule has 1 N–H and O–H groups in total. The highest BCUT2D eigenvalue weighted by Gasteiger charge is 2.27. The van der Waals surface area contributed by atoms with Crippen molar-refractivity contribution in [3.05, 3.63) is 24.3 Å². The summed E-state index contributed by atoms with van der Waals surface area (Å²) in [7, 11) is 0. The van der Waals surface area contributed by atoms with E-state index in [1.807, 2.05) is 31.1 Å². The lowest BCUT2D eigenvalue weighted by Gasteiger charge is -2.32. The van der Waals surface area contributed by atoms with Crippen molar-refractivity contribution in [2.45, 2.75) is 40.1 Å². The van der Waals surface area contributed by atoms with Gasteiger partial charge in [0.05, 0.1) is 0 Å². The zero-order chi connectivity index (χ0) is 13.8. The minimum absolute atomic E-state index is 0.0349. The third-order valence-corrected chi connectivity index (χ3v) is 3.48. The molecule has 1 aromatic carbocycles. The van der Waals surface area contributed by atoms with Crippen molar-refractivity contribution in [2.24, 2.45) is 5.92 Å². The summed E-state index contributed by atoms with van der Waals surface area (Å²) >= 11 is 0. The Hall–Kier alpha value is -1.29. The number of hydrogen-bond donors (Lipinski definition) is 1. The summed E-state index contributed by atoms with van der Waals surface area (Å²) in [5.41, 5.74) is 1.75. The molecule has 0 aliphatic rings. The minimum atomic E-state index is -0.154. The zero-order valence-electron chi connectivity index (χ0n) is 11.9. The van der Waals surface area contributed by atoms with Gasteiger partial charge in [0, 0.05) is 11.3 Å². The molecule has 4 heteroatoms. The van der Waals surface area contributed by atoms with Crippen molar-refractivity contribution in [3.63, 3.8) is 0 Å². The first-order valence-electron chi connectivity index (χ1n) is 6.34. The van der Waals surface area contributed by atoms with E-state index in [1.165, 1.54) is 0 Å². The maximum absolute atomic E-state index is 10.3. The Bertz CT molecular complexity index is 387. The monoisotopic (exact) mass is 247 g/mol. The summed E-state index contributed by atoms with van der Waals surface area (Å²) in [6.07, 6.45) is 0.677. The van der Waals surface area contributed by atoms with Crippen molar-refractivity contribution in [2.75, 3.05) is 5.32 Å². The molecule has 1 aromatic rings. The number of carbonyl (C=O) groups excluding carboxylic acids is 1. The Morgan fingerprint density at radius 1 is 1.28 bits per heavy atom. The first kappa shape index (κ1) is 14.8. The molecule has 0 aromatic heterocycles. The van der Waals surface area contributed by atoms with E-state index in [1.54, 1.807) is 0 Å². The number of amides is 1. The summed E-state index contributed by atoms with van der Waals surface area (Å²) < 4.78 is 6.10. The van der Waals surface area contributed by atoms with Crippen molar-refractivity contribution >= 4 is 24.5 Å². The second kappa shape index (κ2) is 6.05. The number of rotatable bonds is 6. The van der Waals surface area contributed by atoms with Crippen LogP contribution in [0.1, 0.15) is 27.7 Å². The van der Waals surface area contributed by atoms with Gasteiger partial charge in [0.15, 0.2) is 0 Å². The van der Waals surface area contributed by atoms with Gasteiger partial charge in [0.2, 0.25) is 6.41 Å². The molecular formula is C14H22BNO2. The average Bonchev–Trinajstić information content (AvgIpc) is 2.29. The summed E-state index contributed by atoms with van der Waals surface area (Å²) in [6.45, 7) is 10.6. The number of nitrogens with one attached hydrogen (secondary N) is 1. The lowest BCUT2D eigenvalue weighted by Crippen LogP contribution is -2.42. The molecule has 18 heavy (non-hydrogen) atoms. The molecule has 1 rings (SSSR count). The molecule has 0 saturated heterocycles. The van der Waals surface area contributed by atoms with Crippen LogP contribution in [0.3, 0.4) is 0 Å². The highest BCUT2D eigenvalue weighted by Crippen LogP contribution is 2.21. The molecule has 98 valence electrons. The molecule has 0 fully saturated rings. The molecule has 3 nitrogen and oxygen atoms in total. The molecule has 0 aliphatic heterocycles. The van der Waals surface area contributed by atoms with E-state index in [-0.39, 0.29) is 12.5 Å². The van der Waals surface area contributed by atoms with Crippen molar-refractivity contribution in [1.82, 2.24) is 0 Å². The van der Waals surface area contributed by atoms with Crippen molar-refractivity contribution in [1.29, 1.82) is 0 Å². The molecule has 0 spiro atoms. The Balaban J connectivity index is 2.72. The van der Waals surface area contributed by atoms with Crippen molar-refractivity contribution in [3.8, 4) is 0 Å². The number of carbonyl (C=O) groups is 1. The van der Waals surface area contributed by atoms with Crippen LogP contribution in [0.2, 0.25) is 6.82 Å². The summed E-state index contributed by atoms with van der Waals surface area (Å²) in [5.74, 6) is 0.455. The van der Waals surface area contributed by atoms with Gasteiger partial charge in [-0.05, 0) is 37.4 Å². The van der Waals surface area contributed by atoms with Crippen LogP contribution in [0.4, 0.5) is 5.69 Å². The lowest BCUT2D eigenvalue weighted by atomic mass is 9.62. The molecule has 1 amide bonds. The molecular weight excluding hydrogens is 225 g/mol. The Morgan fingerprint density at radius 2 is 1.83 bits per heavy atom. The maximum Gasteiger partial charge on any atom is 0.324 e. The second-order valence-electron chi connectivity index (χ2n) is 5.40. The van der Waals surface area contributed by atoms with Gasteiger partial charge in [-0.1, -0.05) is 32.8 Å². The van der Waals surface area contributed by atoms with Gasteiger partial charge in [0.1, 0.15) is 0 Å². The fraction of sp³-hybridized carbons (Fsp3) is 0.500. The van der Waals surface area contributed by atoms with Crippen LogP contribution < -0.4 is 10.8 Å². The minimum Gasteiger partial charge on any atom is -0.426 e. The second-order valence-corrected chi connectivity index (χ2v) is 5.40. The van der Waals surface area contributed by atoms with Crippen LogP contribution in [0.25, 0.3) is 0 Å². The van der Waals surface area contributed by atoms with E-state index in [2.05, 4.69) is 33.0 Å². The van der Waals surface area contributed by atoms with Crippen molar-refractivity contribution < 1.29 is 9.45 Å². The quantitative estimate of drug-likeness (QED) is 0.619. The molecule has 0 unspecified atom stereocenters. The molecule has 0 bridgehead atoms. The molecule has 0 saturated carbocycles. The SMILES string of the molecule is CB(OC(C)(C)C(C)C)c1ccc(NC=O)cc1. The topological polar surface area (TPSA) is 38.3 Å². The first-order valence-corrected chi connectivity index (χ1v) is 6.34. The lowest BCUT2D eigenvalue weighted by molar-refractivity contribution is -0.105. The van der Waals surface area contributed by atoms with E-state index in [9.17, 15) is 4.79 Å². The van der Waals surface area contributed by atoms with Gasteiger partial charge in [-0.15, -0.1) is 0 Å². The maximum atomic E-state index is 10.3. The van der Waals surface area contributed by atoms with Crippen LogP contribution in [0.15, 0.2) is 24.3 Å². The van der Waals surface area contributed by atoms with Gasteiger partial charge in [-0.25, -0.2) is 0 Å². The van der Waals surface area contributed by atoms with Crippen LogP contribution in [-0.2, 0) is 9.45 Å². The first-order chi connectivity index (χ1) is 8.36. The number of anilines is 1.